The van der Waals surface area contributed by atoms with E-state index in [0.29, 0.717) is 19.5 Å². The maximum absolute atomic E-state index is 12.8. The van der Waals surface area contributed by atoms with Gasteiger partial charge in [-0.2, -0.15) is 0 Å². The lowest BCUT2D eigenvalue weighted by atomic mass is 10.00. The van der Waals surface area contributed by atoms with Gasteiger partial charge < -0.3 is 14.4 Å². The molecule has 0 spiro atoms. The van der Waals surface area contributed by atoms with E-state index in [-0.39, 0.29) is 23.9 Å². The highest BCUT2D eigenvalue weighted by Gasteiger charge is 2.30. The highest BCUT2D eigenvalue weighted by Crippen LogP contribution is 2.30. The number of imidazole rings is 1. The van der Waals surface area contributed by atoms with Crippen LogP contribution in [-0.4, -0.2) is 54.2 Å². The molecule has 0 aliphatic carbocycles. The molecule has 1 fully saturated rings. The van der Waals surface area contributed by atoms with Crippen molar-refractivity contribution in [3.8, 4) is 0 Å². The van der Waals surface area contributed by atoms with Crippen molar-refractivity contribution < 1.29 is 9.59 Å². The summed E-state index contributed by atoms with van der Waals surface area (Å²) < 4.78 is 1.95. The van der Waals surface area contributed by atoms with Crippen molar-refractivity contribution in [1.29, 1.82) is 0 Å². The van der Waals surface area contributed by atoms with E-state index >= 15 is 0 Å². The zero-order valence-electron chi connectivity index (χ0n) is 17.1. The van der Waals surface area contributed by atoms with Crippen LogP contribution in [0.15, 0.2) is 24.9 Å². The summed E-state index contributed by atoms with van der Waals surface area (Å²) >= 11 is 0. The molecule has 4 rings (SSSR count). The van der Waals surface area contributed by atoms with Crippen molar-refractivity contribution in [1.82, 2.24) is 29.3 Å². The fourth-order valence-corrected chi connectivity index (χ4v) is 4.30. The summed E-state index contributed by atoms with van der Waals surface area (Å²) in [5, 5.41) is 0. The van der Waals surface area contributed by atoms with Gasteiger partial charge >= 0.3 is 0 Å². The first kappa shape index (κ1) is 19.5. The quantitative estimate of drug-likeness (QED) is 0.792. The number of likely N-dealkylation sites (tertiary alicyclic amines) is 1. The SMILES string of the molecule is CC(=O)N1CCCCC1c1ncc2c(n1)CCN(C(=O)CC(C)n1ccnc1)C2. The molecule has 2 atom stereocenters. The molecular formula is C21H28N6O2. The number of aromatic nitrogens is 4. The predicted octanol–water partition coefficient (Wildman–Crippen LogP) is 2.28. The molecule has 1 saturated heterocycles. The Morgan fingerprint density at radius 3 is 2.90 bits per heavy atom. The van der Waals surface area contributed by atoms with Crippen LogP contribution in [0.25, 0.3) is 0 Å². The third-order valence-corrected chi connectivity index (χ3v) is 6.01. The fourth-order valence-electron chi connectivity index (χ4n) is 4.30. The Balaban J connectivity index is 1.44. The van der Waals surface area contributed by atoms with Crippen molar-refractivity contribution >= 4 is 11.8 Å². The van der Waals surface area contributed by atoms with Crippen molar-refractivity contribution in [2.75, 3.05) is 13.1 Å². The Hall–Kier alpha value is -2.77. The summed E-state index contributed by atoms with van der Waals surface area (Å²) in [6, 6.07) is 0.0520. The van der Waals surface area contributed by atoms with E-state index in [4.69, 9.17) is 4.98 Å². The molecule has 2 aromatic rings. The van der Waals surface area contributed by atoms with Crippen LogP contribution in [0.2, 0.25) is 0 Å². The molecule has 154 valence electrons. The minimum atomic E-state index is -0.0257. The Morgan fingerprint density at radius 2 is 2.14 bits per heavy atom. The van der Waals surface area contributed by atoms with Crippen molar-refractivity contribution in [3.05, 3.63) is 42.0 Å². The number of rotatable bonds is 4. The second-order valence-corrected chi connectivity index (χ2v) is 8.05. The number of nitrogens with zero attached hydrogens (tertiary/aromatic N) is 6. The molecule has 2 amide bonds. The lowest BCUT2D eigenvalue weighted by molar-refractivity contribution is -0.133. The largest absolute Gasteiger partial charge is 0.338 e. The van der Waals surface area contributed by atoms with E-state index in [2.05, 4.69) is 9.97 Å². The molecule has 8 heteroatoms. The zero-order valence-corrected chi connectivity index (χ0v) is 17.1. The molecule has 0 aromatic carbocycles. The van der Waals surface area contributed by atoms with Crippen LogP contribution in [0.1, 0.15) is 68.7 Å². The van der Waals surface area contributed by atoms with Gasteiger partial charge in [0, 0.05) is 69.6 Å². The summed E-state index contributed by atoms with van der Waals surface area (Å²) in [4.78, 5) is 42.0. The summed E-state index contributed by atoms with van der Waals surface area (Å²) in [6.45, 7) is 5.63. The molecule has 2 aromatic heterocycles. The Kier molecular flexibility index (Phi) is 5.60. The van der Waals surface area contributed by atoms with Crippen LogP contribution in [0, 0.1) is 0 Å². The van der Waals surface area contributed by atoms with E-state index < -0.39 is 0 Å². The molecule has 0 N–H and O–H groups in total. The van der Waals surface area contributed by atoms with Gasteiger partial charge in [0.05, 0.1) is 18.1 Å². The standard InChI is InChI=1S/C21H28N6O2/c1-15(26-10-7-22-14-26)11-20(29)25-9-6-18-17(13-25)12-23-21(24-18)19-5-3-4-8-27(19)16(2)28/h7,10,12,14-15,19H,3-6,8-9,11,13H2,1-2H3. The molecule has 4 heterocycles. The van der Waals surface area contributed by atoms with Crippen molar-refractivity contribution in [2.45, 2.75) is 64.6 Å². The highest BCUT2D eigenvalue weighted by molar-refractivity contribution is 5.77. The maximum atomic E-state index is 12.8. The summed E-state index contributed by atoms with van der Waals surface area (Å²) in [6.07, 6.45) is 11.4. The van der Waals surface area contributed by atoms with Crippen LogP contribution in [0.5, 0.6) is 0 Å². The number of piperidine rings is 1. The summed E-state index contributed by atoms with van der Waals surface area (Å²) in [5.41, 5.74) is 2.02. The second-order valence-electron chi connectivity index (χ2n) is 8.05. The number of hydrogen-bond acceptors (Lipinski definition) is 5. The average molecular weight is 396 g/mol. The van der Waals surface area contributed by atoms with E-state index in [1.54, 1.807) is 19.4 Å². The molecule has 2 unspecified atom stereocenters. The highest BCUT2D eigenvalue weighted by atomic mass is 16.2. The predicted molar refractivity (Wildman–Crippen MR) is 107 cm³/mol. The summed E-state index contributed by atoms with van der Waals surface area (Å²) in [7, 11) is 0. The molecule has 29 heavy (non-hydrogen) atoms. The maximum Gasteiger partial charge on any atom is 0.224 e. The van der Waals surface area contributed by atoms with Gasteiger partial charge in [-0.3, -0.25) is 9.59 Å². The molecule has 2 aliphatic heterocycles. The minimum absolute atomic E-state index is 0.0257. The lowest BCUT2D eigenvalue weighted by Crippen LogP contribution is -2.39. The van der Waals surface area contributed by atoms with Crippen LogP contribution in [-0.2, 0) is 22.6 Å². The van der Waals surface area contributed by atoms with Gasteiger partial charge in [-0.25, -0.2) is 15.0 Å². The monoisotopic (exact) mass is 396 g/mol. The van der Waals surface area contributed by atoms with Crippen LogP contribution >= 0.6 is 0 Å². The molecule has 8 nitrogen and oxygen atoms in total. The number of hydrogen-bond donors (Lipinski definition) is 0. The van der Waals surface area contributed by atoms with E-state index in [1.807, 2.05) is 33.7 Å². The van der Waals surface area contributed by atoms with Gasteiger partial charge in [-0.15, -0.1) is 0 Å². The van der Waals surface area contributed by atoms with Crippen LogP contribution in [0.4, 0.5) is 0 Å². The topological polar surface area (TPSA) is 84.2 Å². The number of carbonyl (C=O) groups is 2. The van der Waals surface area contributed by atoms with E-state index in [0.717, 1.165) is 49.3 Å². The van der Waals surface area contributed by atoms with Crippen molar-refractivity contribution in [3.63, 3.8) is 0 Å². The first-order chi connectivity index (χ1) is 14.0. The Bertz CT molecular complexity index is 881. The van der Waals surface area contributed by atoms with Crippen LogP contribution < -0.4 is 0 Å². The number of fused-ring (bicyclic) bond motifs is 1. The Labute approximate surface area is 171 Å². The average Bonchev–Trinajstić information content (AvgIpc) is 3.28. The number of carbonyl (C=O) groups excluding carboxylic acids is 2. The van der Waals surface area contributed by atoms with E-state index in [1.165, 1.54) is 0 Å². The molecule has 0 radical (unpaired) electrons. The molecular weight excluding hydrogens is 368 g/mol. The van der Waals surface area contributed by atoms with Gasteiger partial charge in [0.1, 0.15) is 0 Å². The van der Waals surface area contributed by atoms with Crippen molar-refractivity contribution in [2.24, 2.45) is 0 Å². The van der Waals surface area contributed by atoms with Crippen LogP contribution in [0.3, 0.4) is 0 Å². The normalized spacial score (nSPS) is 20.3. The molecule has 0 saturated carbocycles. The minimum Gasteiger partial charge on any atom is -0.338 e. The molecule has 0 bridgehead atoms. The van der Waals surface area contributed by atoms with E-state index in [9.17, 15) is 9.59 Å². The summed E-state index contributed by atoms with van der Waals surface area (Å²) in [5.74, 6) is 0.961. The number of amides is 2. The zero-order chi connectivity index (χ0) is 20.4. The second kappa shape index (κ2) is 8.31. The smallest absolute Gasteiger partial charge is 0.224 e. The fraction of sp³-hybridized carbons (Fsp3) is 0.571. The lowest BCUT2D eigenvalue weighted by Gasteiger charge is -2.35. The first-order valence-corrected chi connectivity index (χ1v) is 10.4. The molecule has 2 aliphatic rings. The first-order valence-electron chi connectivity index (χ1n) is 10.4. The Morgan fingerprint density at radius 1 is 1.28 bits per heavy atom. The third kappa shape index (κ3) is 4.16. The van der Waals surface area contributed by atoms with Gasteiger partial charge in [0.15, 0.2) is 5.82 Å². The van der Waals surface area contributed by atoms with Gasteiger partial charge in [-0.05, 0) is 26.2 Å². The third-order valence-electron chi connectivity index (χ3n) is 6.01. The van der Waals surface area contributed by atoms with Gasteiger partial charge in [0.25, 0.3) is 0 Å². The van der Waals surface area contributed by atoms with Gasteiger partial charge in [0.2, 0.25) is 11.8 Å². The van der Waals surface area contributed by atoms with Gasteiger partial charge in [-0.1, -0.05) is 0 Å².